The van der Waals surface area contributed by atoms with Gasteiger partial charge in [-0.1, -0.05) is 0 Å². The SMILES string of the molecule is COc1cc(C(=O)O)c(NC(=O)c2ccc(-n3ccnc3)nn2)cc1F. The van der Waals surface area contributed by atoms with Crippen LogP contribution in [-0.2, 0) is 0 Å². The number of carboxylic acid groups (broad SMARTS) is 1. The topological polar surface area (TPSA) is 119 Å². The van der Waals surface area contributed by atoms with Crippen molar-refractivity contribution in [2.45, 2.75) is 0 Å². The van der Waals surface area contributed by atoms with Gasteiger partial charge in [-0.3, -0.25) is 9.36 Å². The van der Waals surface area contributed by atoms with E-state index in [1.807, 2.05) is 0 Å². The molecule has 132 valence electrons. The number of nitrogens with one attached hydrogen (secondary N) is 1. The van der Waals surface area contributed by atoms with Crippen molar-refractivity contribution in [2.24, 2.45) is 0 Å². The molecule has 1 amide bonds. The second-order valence-electron chi connectivity index (χ2n) is 5.04. The first kappa shape index (κ1) is 17.0. The van der Waals surface area contributed by atoms with E-state index in [1.54, 1.807) is 17.0 Å². The van der Waals surface area contributed by atoms with Crippen molar-refractivity contribution >= 4 is 17.6 Å². The van der Waals surface area contributed by atoms with Gasteiger partial charge < -0.3 is 15.2 Å². The quantitative estimate of drug-likeness (QED) is 0.714. The number of carbonyl (C=O) groups is 2. The minimum Gasteiger partial charge on any atom is -0.494 e. The van der Waals surface area contributed by atoms with Crippen molar-refractivity contribution in [1.82, 2.24) is 19.7 Å². The molecule has 0 aliphatic rings. The van der Waals surface area contributed by atoms with E-state index in [4.69, 9.17) is 4.74 Å². The highest BCUT2D eigenvalue weighted by atomic mass is 19.1. The third kappa shape index (κ3) is 3.34. The number of amides is 1. The van der Waals surface area contributed by atoms with Crippen molar-refractivity contribution in [3.63, 3.8) is 0 Å². The molecule has 10 heteroatoms. The van der Waals surface area contributed by atoms with Gasteiger partial charge >= 0.3 is 5.97 Å². The number of halogens is 1. The molecule has 0 atom stereocenters. The van der Waals surface area contributed by atoms with Crippen LogP contribution in [0.25, 0.3) is 5.82 Å². The van der Waals surface area contributed by atoms with Gasteiger partial charge in [0, 0.05) is 18.5 Å². The van der Waals surface area contributed by atoms with E-state index in [1.165, 1.54) is 25.6 Å². The summed E-state index contributed by atoms with van der Waals surface area (Å²) in [5.74, 6) is -2.69. The maximum absolute atomic E-state index is 13.9. The highest BCUT2D eigenvalue weighted by Gasteiger charge is 2.19. The molecule has 0 unspecified atom stereocenters. The Morgan fingerprint density at radius 2 is 2.08 bits per heavy atom. The largest absolute Gasteiger partial charge is 0.494 e. The number of carbonyl (C=O) groups excluding carboxylic acids is 1. The molecule has 0 aliphatic heterocycles. The summed E-state index contributed by atoms with van der Waals surface area (Å²) in [6.07, 6.45) is 4.74. The van der Waals surface area contributed by atoms with Crippen molar-refractivity contribution in [3.05, 3.63) is 60.1 Å². The summed E-state index contributed by atoms with van der Waals surface area (Å²) in [6, 6.07) is 4.79. The van der Waals surface area contributed by atoms with E-state index in [9.17, 15) is 19.1 Å². The number of aromatic carboxylic acids is 1. The molecular formula is C16H12FN5O4. The van der Waals surface area contributed by atoms with E-state index >= 15 is 0 Å². The number of methoxy groups -OCH3 is 1. The normalized spacial score (nSPS) is 10.4. The smallest absolute Gasteiger partial charge is 0.337 e. The highest BCUT2D eigenvalue weighted by Crippen LogP contribution is 2.26. The molecule has 26 heavy (non-hydrogen) atoms. The Labute approximate surface area is 146 Å². The number of aromatic nitrogens is 4. The maximum Gasteiger partial charge on any atom is 0.337 e. The number of hydrogen-bond acceptors (Lipinski definition) is 6. The first-order valence-electron chi connectivity index (χ1n) is 7.24. The van der Waals surface area contributed by atoms with Gasteiger partial charge in [0.1, 0.15) is 6.33 Å². The minimum atomic E-state index is -1.35. The Morgan fingerprint density at radius 3 is 2.65 bits per heavy atom. The molecule has 3 rings (SSSR count). The second kappa shape index (κ2) is 6.97. The molecule has 0 aliphatic carbocycles. The molecule has 0 fully saturated rings. The number of ether oxygens (including phenoxy) is 1. The first-order valence-corrected chi connectivity index (χ1v) is 7.24. The fraction of sp³-hybridized carbons (Fsp3) is 0.0625. The lowest BCUT2D eigenvalue weighted by Gasteiger charge is -2.11. The van der Waals surface area contributed by atoms with Crippen molar-refractivity contribution in [3.8, 4) is 11.6 Å². The van der Waals surface area contributed by atoms with Gasteiger partial charge in [-0.2, -0.15) is 0 Å². The number of carboxylic acids is 1. The Balaban J connectivity index is 1.86. The van der Waals surface area contributed by atoms with E-state index in [0.29, 0.717) is 5.82 Å². The van der Waals surface area contributed by atoms with Gasteiger partial charge in [-0.25, -0.2) is 14.2 Å². The molecule has 3 aromatic rings. The summed E-state index contributed by atoms with van der Waals surface area (Å²) in [6.45, 7) is 0. The number of anilines is 1. The fourth-order valence-electron chi connectivity index (χ4n) is 2.16. The number of hydrogen-bond donors (Lipinski definition) is 2. The molecule has 0 radical (unpaired) electrons. The van der Waals surface area contributed by atoms with Crippen LogP contribution in [0.3, 0.4) is 0 Å². The molecule has 0 spiro atoms. The van der Waals surface area contributed by atoms with Gasteiger partial charge in [0.15, 0.2) is 23.1 Å². The Hall–Kier alpha value is -3.82. The summed E-state index contributed by atoms with van der Waals surface area (Å²) in [5, 5.41) is 19.2. The summed E-state index contributed by atoms with van der Waals surface area (Å²) in [4.78, 5) is 27.5. The highest BCUT2D eigenvalue weighted by molar-refractivity contribution is 6.06. The lowest BCUT2D eigenvalue weighted by Crippen LogP contribution is -2.17. The minimum absolute atomic E-state index is 0.0681. The number of nitrogens with zero attached hydrogens (tertiary/aromatic N) is 4. The van der Waals surface area contributed by atoms with Crippen LogP contribution in [0.1, 0.15) is 20.8 Å². The van der Waals surface area contributed by atoms with Gasteiger partial charge in [-0.15, -0.1) is 10.2 Å². The predicted molar refractivity (Wildman–Crippen MR) is 87.0 cm³/mol. The summed E-state index contributed by atoms with van der Waals surface area (Å²) >= 11 is 0. The molecule has 9 nitrogen and oxygen atoms in total. The number of benzene rings is 1. The third-order valence-corrected chi connectivity index (χ3v) is 3.42. The number of rotatable bonds is 5. The van der Waals surface area contributed by atoms with Crippen molar-refractivity contribution in [1.29, 1.82) is 0 Å². The zero-order valence-electron chi connectivity index (χ0n) is 13.4. The zero-order valence-corrected chi connectivity index (χ0v) is 13.4. The fourth-order valence-corrected chi connectivity index (χ4v) is 2.16. The van der Waals surface area contributed by atoms with Crippen LogP contribution in [0, 0.1) is 5.82 Å². The van der Waals surface area contributed by atoms with Gasteiger partial charge in [0.05, 0.1) is 18.4 Å². The van der Waals surface area contributed by atoms with Gasteiger partial charge in [0.25, 0.3) is 5.91 Å². The lowest BCUT2D eigenvalue weighted by molar-refractivity contribution is 0.0697. The molecule has 0 bridgehead atoms. The lowest BCUT2D eigenvalue weighted by atomic mass is 10.1. The number of imidazole rings is 1. The average molecular weight is 357 g/mol. The molecule has 2 heterocycles. The molecule has 2 N–H and O–H groups in total. The molecule has 0 saturated heterocycles. The predicted octanol–water partition coefficient (Wildman–Crippen LogP) is 1.76. The maximum atomic E-state index is 13.9. The second-order valence-corrected chi connectivity index (χ2v) is 5.04. The van der Waals surface area contributed by atoms with Crippen LogP contribution >= 0.6 is 0 Å². The van der Waals surface area contributed by atoms with Gasteiger partial charge in [0.2, 0.25) is 0 Å². The molecule has 1 aromatic carbocycles. The van der Waals surface area contributed by atoms with E-state index < -0.39 is 17.7 Å². The Kier molecular flexibility index (Phi) is 4.56. The average Bonchev–Trinajstić information content (AvgIpc) is 3.16. The standard InChI is InChI=1S/C16H12FN5O4/c1-26-13-6-9(16(24)25)12(7-10(13)17)19-15(23)11-2-3-14(21-20-11)22-5-4-18-8-22/h2-8H,1H3,(H,19,23)(H,24,25). The Bertz CT molecular complexity index is 958. The van der Waals surface area contributed by atoms with Crippen LogP contribution in [0.5, 0.6) is 5.75 Å². The van der Waals surface area contributed by atoms with E-state index in [0.717, 1.165) is 12.1 Å². The molecule has 2 aromatic heterocycles. The van der Waals surface area contributed by atoms with Gasteiger partial charge in [-0.05, 0) is 18.2 Å². The van der Waals surface area contributed by atoms with E-state index in [-0.39, 0.29) is 22.7 Å². The van der Waals surface area contributed by atoms with Crippen LogP contribution < -0.4 is 10.1 Å². The van der Waals surface area contributed by atoms with Crippen LogP contribution in [0.2, 0.25) is 0 Å². The van der Waals surface area contributed by atoms with Crippen molar-refractivity contribution in [2.75, 3.05) is 12.4 Å². The monoisotopic (exact) mass is 357 g/mol. The van der Waals surface area contributed by atoms with Crippen LogP contribution in [0.15, 0.2) is 43.0 Å². The molecule has 0 saturated carbocycles. The van der Waals surface area contributed by atoms with Crippen molar-refractivity contribution < 1.29 is 23.8 Å². The summed E-state index contributed by atoms with van der Waals surface area (Å²) in [5.41, 5.74) is -0.609. The first-order chi connectivity index (χ1) is 12.5. The summed E-state index contributed by atoms with van der Waals surface area (Å²) < 4.78 is 20.2. The summed E-state index contributed by atoms with van der Waals surface area (Å²) in [7, 11) is 1.21. The molecular weight excluding hydrogens is 345 g/mol. The third-order valence-electron chi connectivity index (χ3n) is 3.42. The zero-order chi connectivity index (χ0) is 18.7. The van der Waals surface area contributed by atoms with E-state index in [2.05, 4.69) is 20.5 Å². The Morgan fingerprint density at radius 1 is 1.27 bits per heavy atom. The van der Waals surface area contributed by atoms with Crippen LogP contribution in [0.4, 0.5) is 10.1 Å². The van der Waals surface area contributed by atoms with Crippen LogP contribution in [-0.4, -0.2) is 43.8 Å².